The number of piperazine rings is 1. The van der Waals surface area contributed by atoms with Crippen LogP contribution in [-0.4, -0.2) is 36.1 Å². The molecule has 0 aromatic heterocycles. The third kappa shape index (κ3) is 5.07. The first-order valence-electron chi connectivity index (χ1n) is 8.31. The minimum absolute atomic E-state index is 0.312. The summed E-state index contributed by atoms with van der Waals surface area (Å²) in [5.74, 6) is 0. The molecular formula is C17H36N2. The zero-order chi connectivity index (χ0) is 14.5. The lowest BCUT2D eigenvalue weighted by molar-refractivity contribution is 0.0252. The van der Waals surface area contributed by atoms with Crippen molar-refractivity contribution in [2.24, 2.45) is 5.41 Å². The van der Waals surface area contributed by atoms with Gasteiger partial charge < -0.3 is 5.32 Å². The summed E-state index contributed by atoms with van der Waals surface area (Å²) in [7, 11) is 0. The van der Waals surface area contributed by atoms with Gasteiger partial charge in [0.15, 0.2) is 0 Å². The normalized spacial score (nSPS) is 29.7. The molecule has 0 radical (unpaired) electrons. The molecule has 1 saturated heterocycles. The van der Waals surface area contributed by atoms with Crippen LogP contribution >= 0.6 is 0 Å². The Morgan fingerprint density at radius 1 is 1.16 bits per heavy atom. The summed E-state index contributed by atoms with van der Waals surface area (Å²) in [6, 6.07) is 0.675. The van der Waals surface area contributed by atoms with E-state index in [0.29, 0.717) is 17.0 Å². The van der Waals surface area contributed by atoms with Crippen LogP contribution in [0.25, 0.3) is 0 Å². The van der Waals surface area contributed by atoms with Crippen LogP contribution in [0.15, 0.2) is 0 Å². The van der Waals surface area contributed by atoms with Crippen LogP contribution in [0.3, 0.4) is 0 Å². The molecule has 19 heavy (non-hydrogen) atoms. The second-order valence-corrected chi connectivity index (χ2v) is 7.71. The van der Waals surface area contributed by atoms with Gasteiger partial charge in [-0.2, -0.15) is 0 Å². The molecule has 0 amide bonds. The van der Waals surface area contributed by atoms with Gasteiger partial charge in [-0.15, -0.1) is 0 Å². The van der Waals surface area contributed by atoms with Gasteiger partial charge in [-0.25, -0.2) is 0 Å². The fraction of sp³-hybridized carbons (Fsp3) is 1.00. The SMILES string of the molecule is CCCCCCN1CC(C)(CC)NCC1C(C)(C)C. The van der Waals surface area contributed by atoms with Crippen LogP contribution in [0.2, 0.25) is 0 Å². The standard InChI is InChI=1S/C17H36N2/c1-7-9-10-11-12-19-14-17(6,8-2)18-13-15(19)16(3,4)5/h15,18H,7-14H2,1-6H3. The van der Waals surface area contributed by atoms with E-state index in [0.717, 1.165) is 6.54 Å². The van der Waals surface area contributed by atoms with Gasteiger partial charge in [-0.1, -0.05) is 53.9 Å². The maximum absolute atomic E-state index is 3.79. The zero-order valence-electron chi connectivity index (χ0n) is 14.2. The third-order valence-electron chi connectivity index (χ3n) is 4.79. The minimum atomic E-state index is 0.312. The molecule has 0 spiro atoms. The van der Waals surface area contributed by atoms with E-state index in [-0.39, 0.29) is 0 Å². The number of rotatable bonds is 6. The van der Waals surface area contributed by atoms with E-state index < -0.39 is 0 Å². The number of nitrogens with zero attached hydrogens (tertiary/aromatic N) is 1. The lowest BCUT2D eigenvalue weighted by Crippen LogP contribution is -2.65. The molecule has 2 heteroatoms. The van der Waals surface area contributed by atoms with E-state index in [9.17, 15) is 0 Å². The first-order valence-corrected chi connectivity index (χ1v) is 8.31. The van der Waals surface area contributed by atoms with Crippen LogP contribution in [-0.2, 0) is 0 Å². The van der Waals surface area contributed by atoms with Gasteiger partial charge in [0.1, 0.15) is 0 Å². The molecule has 114 valence electrons. The highest BCUT2D eigenvalue weighted by Gasteiger charge is 2.39. The molecule has 0 bridgehead atoms. The Kier molecular flexibility index (Phi) is 6.32. The summed E-state index contributed by atoms with van der Waals surface area (Å²) in [4.78, 5) is 2.76. The summed E-state index contributed by atoms with van der Waals surface area (Å²) in [5.41, 5.74) is 0.680. The van der Waals surface area contributed by atoms with E-state index in [1.54, 1.807) is 0 Å². The van der Waals surface area contributed by atoms with Gasteiger partial charge in [-0.3, -0.25) is 4.90 Å². The lowest BCUT2D eigenvalue weighted by atomic mass is 9.81. The quantitative estimate of drug-likeness (QED) is 0.731. The van der Waals surface area contributed by atoms with Gasteiger partial charge in [0, 0.05) is 24.7 Å². The number of nitrogens with one attached hydrogen (secondary N) is 1. The molecule has 1 aliphatic rings. The second kappa shape index (κ2) is 7.08. The molecule has 2 atom stereocenters. The van der Waals surface area contributed by atoms with Crippen LogP contribution in [0.5, 0.6) is 0 Å². The monoisotopic (exact) mass is 268 g/mol. The Bertz CT molecular complexity index is 256. The van der Waals surface area contributed by atoms with Crippen molar-refractivity contribution in [2.45, 2.75) is 85.2 Å². The summed E-state index contributed by atoms with van der Waals surface area (Å²) < 4.78 is 0. The van der Waals surface area contributed by atoms with Crippen molar-refractivity contribution in [1.82, 2.24) is 10.2 Å². The largest absolute Gasteiger partial charge is 0.309 e. The van der Waals surface area contributed by atoms with Crippen molar-refractivity contribution >= 4 is 0 Å². The van der Waals surface area contributed by atoms with E-state index in [2.05, 4.69) is 51.8 Å². The molecule has 0 aliphatic carbocycles. The summed E-state index contributed by atoms with van der Waals surface area (Å²) in [6.45, 7) is 17.7. The first kappa shape index (κ1) is 17.0. The molecule has 1 aliphatic heterocycles. The smallest absolute Gasteiger partial charge is 0.0278 e. The fourth-order valence-corrected chi connectivity index (χ4v) is 3.15. The average Bonchev–Trinajstić information content (AvgIpc) is 2.33. The highest BCUT2D eigenvalue weighted by atomic mass is 15.3. The van der Waals surface area contributed by atoms with E-state index in [4.69, 9.17) is 0 Å². The van der Waals surface area contributed by atoms with Crippen LogP contribution in [0.1, 0.15) is 73.6 Å². The van der Waals surface area contributed by atoms with Crippen LogP contribution < -0.4 is 5.32 Å². The first-order chi connectivity index (χ1) is 8.82. The van der Waals surface area contributed by atoms with Crippen LogP contribution in [0, 0.1) is 5.41 Å². The van der Waals surface area contributed by atoms with E-state index >= 15 is 0 Å². The maximum Gasteiger partial charge on any atom is 0.0278 e. The topological polar surface area (TPSA) is 15.3 Å². The van der Waals surface area contributed by atoms with E-state index in [1.165, 1.54) is 45.2 Å². The summed E-state index contributed by atoms with van der Waals surface area (Å²) >= 11 is 0. The number of unbranched alkanes of at least 4 members (excludes halogenated alkanes) is 3. The third-order valence-corrected chi connectivity index (χ3v) is 4.79. The number of hydrogen-bond acceptors (Lipinski definition) is 2. The predicted octanol–water partition coefficient (Wildman–Crippen LogP) is 4.06. The molecular weight excluding hydrogens is 232 g/mol. The fourth-order valence-electron chi connectivity index (χ4n) is 3.15. The summed E-state index contributed by atoms with van der Waals surface area (Å²) in [6.07, 6.45) is 6.68. The van der Waals surface area contributed by atoms with Crippen LogP contribution in [0.4, 0.5) is 0 Å². The molecule has 2 nitrogen and oxygen atoms in total. The highest BCUT2D eigenvalue weighted by Crippen LogP contribution is 2.30. The van der Waals surface area contributed by atoms with Gasteiger partial charge in [0.05, 0.1) is 0 Å². The molecule has 1 N–H and O–H groups in total. The van der Waals surface area contributed by atoms with Gasteiger partial charge in [0.2, 0.25) is 0 Å². The van der Waals surface area contributed by atoms with Gasteiger partial charge >= 0.3 is 0 Å². The molecule has 0 aromatic rings. The van der Waals surface area contributed by atoms with Crippen molar-refractivity contribution in [3.05, 3.63) is 0 Å². The molecule has 0 saturated carbocycles. The predicted molar refractivity (Wildman–Crippen MR) is 85.7 cm³/mol. The average molecular weight is 268 g/mol. The van der Waals surface area contributed by atoms with Gasteiger partial charge in [-0.05, 0) is 31.7 Å². The van der Waals surface area contributed by atoms with Crippen molar-refractivity contribution < 1.29 is 0 Å². The van der Waals surface area contributed by atoms with E-state index in [1.807, 2.05) is 0 Å². The van der Waals surface area contributed by atoms with Crippen molar-refractivity contribution in [1.29, 1.82) is 0 Å². The Balaban J connectivity index is 2.61. The highest BCUT2D eigenvalue weighted by molar-refractivity contribution is 4.98. The lowest BCUT2D eigenvalue weighted by Gasteiger charge is -2.50. The molecule has 1 rings (SSSR count). The minimum Gasteiger partial charge on any atom is -0.309 e. The Morgan fingerprint density at radius 2 is 1.84 bits per heavy atom. The van der Waals surface area contributed by atoms with Crippen molar-refractivity contribution in [3.8, 4) is 0 Å². The molecule has 2 unspecified atom stereocenters. The molecule has 1 heterocycles. The molecule has 0 aromatic carbocycles. The summed E-state index contributed by atoms with van der Waals surface area (Å²) in [5, 5.41) is 3.79. The molecule has 1 fully saturated rings. The Morgan fingerprint density at radius 3 is 2.37 bits per heavy atom. The van der Waals surface area contributed by atoms with Crippen molar-refractivity contribution in [2.75, 3.05) is 19.6 Å². The van der Waals surface area contributed by atoms with Gasteiger partial charge in [0.25, 0.3) is 0 Å². The Labute approximate surface area is 121 Å². The zero-order valence-corrected chi connectivity index (χ0v) is 14.2. The Hall–Kier alpha value is -0.0800. The number of hydrogen-bond donors (Lipinski definition) is 1. The van der Waals surface area contributed by atoms with Crippen molar-refractivity contribution in [3.63, 3.8) is 0 Å². The second-order valence-electron chi connectivity index (χ2n) is 7.71. The maximum atomic E-state index is 3.79.